The van der Waals surface area contributed by atoms with E-state index in [4.69, 9.17) is 24.3 Å². The van der Waals surface area contributed by atoms with Crippen LogP contribution >= 0.6 is 7.75 Å². The SMILES string of the molecule is C[C@H](NP(=O)(OC[C@H]1O[C@@](C)(c2ccc3c(N)ncnn23)[C@H](O)[C@@H]1O)Oc1ccc(C(C)(C)C)cc1)C(=O)OC1CC2(CCCC2)C1. The van der Waals surface area contributed by atoms with Gasteiger partial charge >= 0.3 is 13.7 Å². The third kappa shape index (κ3) is 6.66. The first-order chi connectivity index (χ1) is 22.1. The number of aromatic nitrogens is 3. The number of ether oxygens (including phenoxy) is 2. The molecule has 1 spiro atoms. The van der Waals surface area contributed by atoms with E-state index in [1.54, 1.807) is 38.1 Å². The lowest BCUT2D eigenvalue weighted by atomic mass is 9.65. The Kier molecular flexibility index (Phi) is 8.95. The van der Waals surface area contributed by atoms with Crippen LogP contribution in [-0.4, -0.2) is 67.8 Å². The van der Waals surface area contributed by atoms with Crippen LogP contribution in [0.4, 0.5) is 5.82 Å². The molecule has 1 aromatic carbocycles. The summed E-state index contributed by atoms with van der Waals surface area (Å²) >= 11 is 0. The molecule has 14 heteroatoms. The Morgan fingerprint density at radius 1 is 1.17 bits per heavy atom. The minimum Gasteiger partial charge on any atom is -0.461 e. The highest BCUT2D eigenvalue weighted by Gasteiger charge is 2.54. The monoisotopic (exact) mass is 671 g/mol. The molecule has 6 rings (SSSR count). The van der Waals surface area contributed by atoms with Crippen LogP contribution in [0.3, 0.4) is 0 Å². The fourth-order valence-corrected chi connectivity index (χ4v) is 8.65. The van der Waals surface area contributed by atoms with E-state index in [2.05, 4.69) is 35.9 Å². The van der Waals surface area contributed by atoms with E-state index < -0.39 is 50.3 Å². The predicted molar refractivity (Wildman–Crippen MR) is 174 cm³/mol. The lowest BCUT2D eigenvalue weighted by Crippen LogP contribution is -2.45. The smallest absolute Gasteiger partial charge is 0.459 e. The first kappa shape index (κ1) is 33.8. The number of rotatable bonds is 10. The third-order valence-corrected chi connectivity index (χ3v) is 11.6. The van der Waals surface area contributed by atoms with Gasteiger partial charge in [-0.05, 0) is 80.2 Å². The summed E-state index contributed by atoms with van der Waals surface area (Å²) in [7, 11) is -4.28. The first-order valence-electron chi connectivity index (χ1n) is 16.3. The average Bonchev–Trinajstić information content (AvgIpc) is 3.71. The van der Waals surface area contributed by atoms with Crippen molar-refractivity contribution >= 4 is 25.1 Å². The number of nitrogens with one attached hydrogen (secondary N) is 1. The number of esters is 1. The highest BCUT2D eigenvalue weighted by molar-refractivity contribution is 7.52. The van der Waals surface area contributed by atoms with Crippen LogP contribution in [0.5, 0.6) is 5.75 Å². The van der Waals surface area contributed by atoms with Gasteiger partial charge in [0.2, 0.25) is 0 Å². The molecule has 1 saturated heterocycles. The van der Waals surface area contributed by atoms with Crippen LogP contribution in [0.15, 0.2) is 42.7 Å². The van der Waals surface area contributed by atoms with Crippen LogP contribution < -0.4 is 15.3 Å². The number of carbonyl (C=O) groups excluding carboxylic acids is 1. The Bertz CT molecular complexity index is 1640. The van der Waals surface area contributed by atoms with Crippen molar-refractivity contribution in [2.75, 3.05) is 12.3 Å². The van der Waals surface area contributed by atoms with Crippen molar-refractivity contribution in [1.29, 1.82) is 0 Å². The predicted octanol–water partition coefficient (Wildman–Crippen LogP) is 4.39. The topological polar surface area (TPSA) is 180 Å². The number of nitrogens with zero attached hydrogens (tertiary/aromatic N) is 3. The zero-order chi connectivity index (χ0) is 33.8. The van der Waals surface area contributed by atoms with E-state index in [1.165, 1.54) is 36.5 Å². The molecule has 1 aliphatic heterocycles. The van der Waals surface area contributed by atoms with E-state index in [-0.39, 0.29) is 23.1 Å². The van der Waals surface area contributed by atoms with Crippen molar-refractivity contribution in [3.05, 3.63) is 54.0 Å². The number of carbonyl (C=O) groups is 1. The van der Waals surface area contributed by atoms with Crippen LogP contribution in [-0.2, 0) is 34.4 Å². The Labute approximate surface area is 274 Å². The summed E-state index contributed by atoms with van der Waals surface area (Å²) in [5.41, 5.74) is 6.73. The number of fused-ring (bicyclic) bond motifs is 1. The van der Waals surface area contributed by atoms with Gasteiger partial charge in [-0.3, -0.25) is 9.32 Å². The van der Waals surface area contributed by atoms with Crippen LogP contribution in [0.2, 0.25) is 0 Å². The quantitative estimate of drug-likeness (QED) is 0.177. The molecule has 2 saturated carbocycles. The van der Waals surface area contributed by atoms with E-state index in [0.29, 0.717) is 16.6 Å². The van der Waals surface area contributed by atoms with Crippen LogP contribution in [0, 0.1) is 5.41 Å². The normalized spacial score (nSPS) is 27.9. The molecule has 0 radical (unpaired) electrons. The Morgan fingerprint density at radius 3 is 2.51 bits per heavy atom. The molecule has 0 bridgehead atoms. The minimum absolute atomic E-state index is 0.111. The van der Waals surface area contributed by atoms with Crippen molar-refractivity contribution in [1.82, 2.24) is 19.7 Å². The number of hydrogen-bond donors (Lipinski definition) is 4. The van der Waals surface area contributed by atoms with Gasteiger partial charge in [0.05, 0.1) is 12.3 Å². The van der Waals surface area contributed by atoms with Gasteiger partial charge in [-0.15, -0.1) is 0 Å². The molecule has 3 heterocycles. The molecular formula is C33H46N5O8P. The van der Waals surface area contributed by atoms with Gasteiger partial charge in [0.1, 0.15) is 53.7 Å². The van der Waals surface area contributed by atoms with Gasteiger partial charge in [-0.2, -0.15) is 10.2 Å². The van der Waals surface area contributed by atoms with Gasteiger partial charge in [0.25, 0.3) is 0 Å². The molecule has 6 atom stereocenters. The summed E-state index contributed by atoms with van der Waals surface area (Å²) in [6.45, 7) is 8.95. The van der Waals surface area contributed by atoms with E-state index >= 15 is 0 Å². The summed E-state index contributed by atoms with van der Waals surface area (Å²) in [5.74, 6) is -0.0587. The number of hydrogen-bond acceptors (Lipinski definition) is 11. The number of nitrogen functional groups attached to an aromatic ring is 1. The van der Waals surface area contributed by atoms with Crippen molar-refractivity contribution in [2.45, 2.75) is 115 Å². The first-order valence-corrected chi connectivity index (χ1v) is 17.8. The maximum atomic E-state index is 14.3. The molecule has 2 aliphatic carbocycles. The Morgan fingerprint density at radius 2 is 1.85 bits per heavy atom. The molecular weight excluding hydrogens is 625 g/mol. The van der Waals surface area contributed by atoms with Gasteiger partial charge in [0.15, 0.2) is 5.82 Å². The minimum atomic E-state index is -4.28. The molecule has 5 N–H and O–H groups in total. The second-order valence-corrected chi connectivity index (χ2v) is 16.2. The highest BCUT2D eigenvalue weighted by atomic mass is 31.2. The second-order valence-electron chi connectivity index (χ2n) is 14.5. The van der Waals surface area contributed by atoms with Gasteiger partial charge in [0, 0.05) is 0 Å². The number of nitrogens with two attached hydrogens (primary N) is 1. The van der Waals surface area contributed by atoms with Gasteiger partial charge in [-0.1, -0.05) is 45.7 Å². The maximum absolute atomic E-state index is 14.3. The van der Waals surface area contributed by atoms with Gasteiger partial charge < -0.3 is 29.9 Å². The highest BCUT2D eigenvalue weighted by Crippen LogP contribution is 2.54. The standard InChI is InChI=1S/C33H46N5O8P/c1-20(30(41)44-23-16-33(17-23)14-6-7-15-33)37-47(42,46-22-10-8-21(9-11-22)31(2,3)4)43-18-25-27(39)28(40)32(5,45-25)26-13-12-24-29(34)35-19-36-38(24)26/h8-13,19-20,23,25,27-28,39-40H,6-7,14-18H2,1-5H3,(H,37,42)(H2,34,35,36)/t20-,25+,27+,28+,32-,47?/m0/s1. The summed E-state index contributed by atoms with van der Waals surface area (Å²) in [5, 5.41) is 29.2. The summed E-state index contributed by atoms with van der Waals surface area (Å²) in [4.78, 5) is 17.1. The third-order valence-electron chi connectivity index (χ3n) is 9.98. The Balaban J connectivity index is 1.17. The van der Waals surface area contributed by atoms with E-state index in [0.717, 1.165) is 18.4 Å². The lowest BCUT2D eigenvalue weighted by Gasteiger charge is -2.44. The molecule has 47 heavy (non-hydrogen) atoms. The lowest BCUT2D eigenvalue weighted by molar-refractivity contribution is -0.162. The number of aliphatic hydroxyl groups excluding tert-OH is 2. The summed E-state index contributed by atoms with van der Waals surface area (Å²) < 4.78 is 39.5. The molecule has 3 fully saturated rings. The summed E-state index contributed by atoms with van der Waals surface area (Å²) in [6, 6.07) is 9.45. The average molecular weight is 672 g/mol. The van der Waals surface area contributed by atoms with Gasteiger partial charge in [-0.25, -0.2) is 14.1 Å². The molecule has 13 nitrogen and oxygen atoms in total. The molecule has 256 valence electrons. The Hall–Kier alpha value is -3.06. The maximum Gasteiger partial charge on any atom is 0.459 e. The summed E-state index contributed by atoms with van der Waals surface area (Å²) in [6.07, 6.45) is 3.65. The second kappa shape index (κ2) is 12.4. The molecule has 3 aromatic rings. The van der Waals surface area contributed by atoms with Crippen LogP contribution in [0.25, 0.3) is 5.52 Å². The van der Waals surface area contributed by atoms with Crippen molar-refractivity contribution < 1.29 is 38.1 Å². The number of anilines is 1. The fourth-order valence-electron chi connectivity index (χ4n) is 7.15. The zero-order valence-electron chi connectivity index (χ0n) is 27.6. The molecule has 2 aromatic heterocycles. The molecule has 1 unspecified atom stereocenters. The van der Waals surface area contributed by atoms with Crippen molar-refractivity contribution in [3.63, 3.8) is 0 Å². The number of benzene rings is 1. The van der Waals surface area contributed by atoms with E-state index in [9.17, 15) is 19.6 Å². The van der Waals surface area contributed by atoms with Crippen molar-refractivity contribution in [3.8, 4) is 5.75 Å². The van der Waals surface area contributed by atoms with E-state index in [1.807, 2.05) is 12.1 Å². The van der Waals surface area contributed by atoms with Crippen molar-refractivity contribution in [2.24, 2.45) is 5.41 Å². The zero-order valence-corrected chi connectivity index (χ0v) is 28.5. The molecule has 3 aliphatic rings. The number of aliphatic hydroxyl groups is 2. The fraction of sp³-hybridized carbons (Fsp3) is 0.606. The largest absolute Gasteiger partial charge is 0.461 e. The van der Waals surface area contributed by atoms with Crippen LogP contribution in [0.1, 0.15) is 84.4 Å². The molecule has 0 amide bonds.